The fraction of sp³-hybridized carbons (Fsp3) is 0.250. The number of rotatable bonds is 5. The van der Waals surface area contributed by atoms with Crippen LogP contribution in [0, 0.1) is 5.82 Å². The second kappa shape index (κ2) is 6.78. The molecular weight excluding hydrogens is 293 g/mol. The maximum absolute atomic E-state index is 13.1. The van der Waals surface area contributed by atoms with E-state index in [9.17, 15) is 4.39 Å². The smallest absolute Gasteiger partial charge is 0.124 e. The van der Waals surface area contributed by atoms with Gasteiger partial charge in [0, 0.05) is 16.6 Å². The molecule has 0 saturated carbocycles. The molecule has 2 N–H and O–H groups in total. The number of benzene rings is 2. The van der Waals surface area contributed by atoms with Crippen molar-refractivity contribution in [2.24, 2.45) is 5.73 Å². The summed E-state index contributed by atoms with van der Waals surface area (Å²) < 4.78 is 23.6. The van der Waals surface area contributed by atoms with Crippen LogP contribution in [0.5, 0.6) is 11.5 Å². The molecule has 0 heterocycles. The minimum atomic E-state index is -0.365. The molecule has 0 radical (unpaired) electrons. The molecule has 1 atom stereocenters. The predicted molar refractivity (Wildman–Crippen MR) is 81.6 cm³/mol. The molecule has 0 spiro atoms. The third-order valence-corrected chi connectivity index (χ3v) is 3.64. The number of hydrogen-bond donors (Lipinski definition) is 1. The summed E-state index contributed by atoms with van der Waals surface area (Å²) in [5.74, 6) is 1.02. The Hall–Kier alpha value is -1.78. The average Bonchev–Trinajstić information content (AvgIpc) is 2.49. The van der Waals surface area contributed by atoms with Gasteiger partial charge in [0.25, 0.3) is 0 Å². The van der Waals surface area contributed by atoms with Gasteiger partial charge in [-0.2, -0.15) is 0 Å². The minimum absolute atomic E-state index is 0.335. The molecule has 0 aliphatic heterocycles. The van der Waals surface area contributed by atoms with Crippen LogP contribution in [0.15, 0.2) is 36.4 Å². The summed E-state index contributed by atoms with van der Waals surface area (Å²) in [7, 11) is 3.18. The summed E-state index contributed by atoms with van der Waals surface area (Å²) in [4.78, 5) is 0. The average molecular weight is 310 g/mol. The maximum atomic E-state index is 13.1. The summed E-state index contributed by atoms with van der Waals surface area (Å²) in [6, 6.07) is 9.41. The summed E-state index contributed by atoms with van der Waals surface area (Å²) in [5.41, 5.74) is 7.85. The van der Waals surface area contributed by atoms with Crippen molar-refractivity contribution in [1.82, 2.24) is 0 Å². The van der Waals surface area contributed by atoms with E-state index in [0.29, 0.717) is 22.9 Å². The molecule has 0 aliphatic carbocycles. The number of nitrogens with two attached hydrogens (primary N) is 1. The highest BCUT2D eigenvalue weighted by Gasteiger charge is 2.15. The SMILES string of the molecule is COc1ccc(OC)c(C(N)Cc2ccc(F)cc2Cl)c1. The van der Waals surface area contributed by atoms with Crippen molar-refractivity contribution in [3.63, 3.8) is 0 Å². The van der Waals surface area contributed by atoms with Crippen molar-refractivity contribution >= 4 is 11.6 Å². The second-order valence-corrected chi connectivity index (χ2v) is 5.06. The van der Waals surface area contributed by atoms with Gasteiger partial charge in [-0.15, -0.1) is 0 Å². The molecule has 0 bridgehead atoms. The van der Waals surface area contributed by atoms with Crippen molar-refractivity contribution < 1.29 is 13.9 Å². The van der Waals surface area contributed by atoms with Crippen LogP contribution >= 0.6 is 11.6 Å². The molecule has 0 fully saturated rings. The Morgan fingerprint density at radius 3 is 2.52 bits per heavy atom. The second-order valence-electron chi connectivity index (χ2n) is 4.65. The molecular formula is C16H17ClFNO2. The lowest BCUT2D eigenvalue weighted by Gasteiger charge is -2.17. The van der Waals surface area contributed by atoms with E-state index in [1.165, 1.54) is 12.1 Å². The van der Waals surface area contributed by atoms with Crippen molar-refractivity contribution in [1.29, 1.82) is 0 Å². The fourth-order valence-electron chi connectivity index (χ4n) is 2.16. The highest BCUT2D eigenvalue weighted by molar-refractivity contribution is 6.31. The van der Waals surface area contributed by atoms with E-state index < -0.39 is 0 Å². The molecule has 2 aromatic rings. The topological polar surface area (TPSA) is 44.5 Å². The van der Waals surface area contributed by atoms with Crippen LogP contribution in [0.3, 0.4) is 0 Å². The molecule has 0 aliphatic rings. The maximum Gasteiger partial charge on any atom is 0.124 e. The molecule has 0 amide bonds. The Balaban J connectivity index is 2.28. The van der Waals surface area contributed by atoms with Crippen LogP contribution in [0.2, 0.25) is 5.02 Å². The van der Waals surface area contributed by atoms with Gasteiger partial charge in [0.1, 0.15) is 17.3 Å². The van der Waals surface area contributed by atoms with Crippen molar-refractivity contribution in [2.75, 3.05) is 14.2 Å². The Morgan fingerprint density at radius 1 is 1.14 bits per heavy atom. The van der Waals surface area contributed by atoms with Gasteiger partial charge in [0.15, 0.2) is 0 Å². The zero-order chi connectivity index (χ0) is 15.4. The van der Waals surface area contributed by atoms with E-state index in [2.05, 4.69) is 0 Å². The monoisotopic (exact) mass is 309 g/mol. The van der Waals surface area contributed by atoms with Crippen LogP contribution in [0.1, 0.15) is 17.2 Å². The Kier molecular flexibility index (Phi) is 5.04. The van der Waals surface area contributed by atoms with Crippen LogP contribution < -0.4 is 15.2 Å². The Labute approximate surface area is 128 Å². The van der Waals surface area contributed by atoms with Crippen molar-refractivity contribution in [3.8, 4) is 11.5 Å². The van der Waals surface area contributed by atoms with E-state index in [1.807, 2.05) is 6.07 Å². The third-order valence-electron chi connectivity index (χ3n) is 3.29. The van der Waals surface area contributed by atoms with Gasteiger partial charge in [-0.25, -0.2) is 4.39 Å². The van der Waals surface area contributed by atoms with Crippen molar-refractivity contribution in [2.45, 2.75) is 12.5 Å². The highest BCUT2D eigenvalue weighted by Crippen LogP contribution is 2.31. The van der Waals surface area contributed by atoms with Crippen LogP contribution in [0.4, 0.5) is 4.39 Å². The zero-order valence-electron chi connectivity index (χ0n) is 11.9. The third kappa shape index (κ3) is 3.65. The minimum Gasteiger partial charge on any atom is -0.497 e. The zero-order valence-corrected chi connectivity index (χ0v) is 12.7. The van der Waals surface area contributed by atoms with Gasteiger partial charge in [-0.05, 0) is 42.3 Å². The van der Waals surface area contributed by atoms with Crippen molar-refractivity contribution in [3.05, 3.63) is 58.4 Å². The summed E-state index contributed by atoms with van der Waals surface area (Å²) in [6.45, 7) is 0. The van der Waals surface area contributed by atoms with E-state index in [1.54, 1.807) is 32.4 Å². The lowest BCUT2D eigenvalue weighted by atomic mass is 9.98. The van der Waals surface area contributed by atoms with Crippen LogP contribution in [-0.2, 0) is 6.42 Å². The number of halogens is 2. The summed E-state index contributed by atoms with van der Waals surface area (Å²) in [5, 5.41) is 0.368. The lowest BCUT2D eigenvalue weighted by Crippen LogP contribution is -2.15. The highest BCUT2D eigenvalue weighted by atomic mass is 35.5. The van der Waals surface area contributed by atoms with Gasteiger partial charge in [-0.3, -0.25) is 0 Å². The summed E-state index contributed by atoms with van der Waals surface area (Å²) >= 11 is 6.04. The Bertz CT molecular complexity index is 634. The molecule has 0 aromatic heterocycles. The number of hydrogen-bond acceptors (Lipinski definition) is 3. The fourth-order valence-corrected chi connectivity index (χ4v) is 2.41. The standard InChI is InChI=1S/C16H17ClFNO2/c1-20-12-5-6-16(21-2)13(9-12)15(19)7-10-3-4-11(18)8-14(10)17/h3-6,8-9,15H,7,19H2,1-2H3. The molecule has 21 heavy (non-hydrogen) atoms. The molecule has 2 aromatic carbocycles. The molecule has 3 nitrogen and oxygen atoms in total. The van der Waals surface area contributed by atoms with Gasteiger partial charge in [0.05, 0.1) is 14.2 Å². The predicted octanol–water partition coefficient (Wildman–Crippen LogP) is 3.74. The first-order valence-corrected chi connectivity index (χ1v) is 6.84. The van der Waals surface area contributed by atoms with Gasteiger partial charge >= 0.3 is 0 Å². The normalized spacial score (nSPS) is 12.0. The first kappa shape index (κ1) is 15.6. The van der Waals surface area contributed by atoms with E-state index in [0.717, 1.165) is 11.1 Å². The summed E-state index contributed by atoms with van der Waals surface area (Å²) in [6.07, 6.45) is 0.475. The van der Waals surface area contributed by atoms with E-state index in [4.69, 9.17) is 26.8 Å². The molecule has 112 valence electrons. The lowest BCUT2D eigenvalue weighted by molar-refractivity contribution is 0.395. The molecule has 2 rings (SSSR count). The van der Waals surface area contributed by atoms with Crippen LogP contribution in [0.25, 0.3) is 0 Å². The van der Waals surface area contributed by atoms with Gasteiger partial charge in [0.2, 0.25) is 0 Å². The quantitative estimate of drug-likeness (QED) is 0.915. The van der Waals surface area contributed by atoms with E-state index in [-0.39, 0.29) is 11.9 Å². The van der Waals surface area contributed by atoms with Gasteiger partial charge < -0.3 is 15.2 Å². The van der Waals surface area contributed by atoms with Crippen LogP contribution in [-0.4, -0.2) is 14.2 Å². The van der Waals surface area contributed by atoms with E-state index >= 15 is 0 Å². The molecule has 0 saturated heterocycles. The Morgan fingerprint density at radius 2 is 1.90 bits per heavy atom. The number of ether oxygens (including phenoxy) is 2. The first-order chi connectivity index (χ1) is 10.0. The van der Waals surface area contributed by atoms with Gasteiger partial charge in [-0.1, -0.05) is 17.7 Å². The molecule has 5 heteroatoms. The molecule has 1 unspecified atom stereocenters. The number of methoxy groups -OCH3 is 2. The largest absolute Gasteiger partial charge is 0.497 e. The first-order valence-electron chi connectivity index (χ1n) is 6.46.